The van der Waals surface area contributed by atoms with Crippen molar-refractivity contribution in [2.24, 2.45) is 0 Å². The molecule has 13 rings (SSSR count). The number of thiophene rings is 1. The van der Waals surface area contributed by atoms with Gasteiger partial charge in [0.15, 0.2) is 0 Å². The molecule has 0 N–H and O–H groups in total. The lowest BCUT2D eigenvalue weighted by atomic mass is 9.33. The van der Waals surface area contributed by atoms with E-state index in [0.717, 1.165) is 67.6 Å². The number of anilines is 7. The van der Waals surface area contributed by atoms with E-state index >= 15 is 0 Å². The van der Waals surface area contributed by atoms with E-state index in [2.05, 4.69) is 196 Å². The van der Waals surface area contributed by atoms with E-state index in [9.17, 15) is 4.11 Å². The summed E-state index contributed by atoms with van der Waals surface area (Å²) in [7, 11) is 0. The Morgan fingerprint density at radius 2 is 1.15 bits per heavy atom. The number of benzene rings is 6. The van der Waals surface area contributed by atoms with Crippen molar-refractivity contribution in [3.8, 4) is 11.1 Å². The molecule has 5 heteroatoms. The smallest absolute Gasteiger partial charge is 0.254 e. The summed E-state index contributed by atoms with van der Waals surface area (Å²) in [6.45, 7) is 30.9. The summed E-state index contributed by atoms with van der Waals surface area (Å²) in [5.74, 6) is 0. The summed E-state index contributed by atoms with van der Waals surface area (Å²) in [5.41, 5.74) is 17.7. The Balaban J connectivity index is 1.23. The molecule has 71 heavy (non-hydrogen) atoms. The van der Waals surface area contributed by atoms with Gasteiger partial charge in [-0.05, 0) is 147 Å². The molecule has 2 fully saturated rings. The summed E-state index contributed by atoms with van der Waals surface area (Å²) < 4.78 is 39.3. The van der Waals surface area contributed by atoms with Crippen molar-refractivity contribution >= 4 is 83.6 Å². The van der Waals surface area contributed by atoms with E-state index in [1.807, 2.05) is 11.3 Å². The van der Waals surface area contributed by atoms with Crippen LogP contribution in [0.3, 0.4) is 0 Å². The zero-order chi connectivity index (χ0) is 53.1. The third-order valence-electron chi connectivity index (χ3n) is 19.5. The van der Waals surface area contributed by atoms with Crippen LogP contribution in [0.15, 0.2) is 115 Å². The number of fused-ring (bicyclic) bond motifs is 12. The molecule has 2 saturated carbocycles. The molecule has 0 amide bonds. The average molecular weight is 956 g/mol. The van der Waals surface area contributed by atoms with Crippen molar-refractivity contribution in [1.82, 2.24) is 0 Å². The van der Waals surface area contributed by atoms with Gasteiger partial charge in [0.05, 0.1) is 27.2 Å². The second-order valence-corrected chi connectivity index (χ2v) is 27.6. The fourth-order valence-electron chi connectivity index (χ4n) is 14.9. The van der Waals surface area contributed by atoms with Gasteiger partial charge in [0, 0.05) is 49.5 Å². The monoisotopic (exact) mass is 956 g/mol. The van der Waals surface area contributed by atoms with E-state index in [4.69, 9.17) is 1.37 Å². The number of hydrogen-bond acceptors (Lipinski definition) is 4. The van der Waals surface area contributed by atoms with Gasteiger partial charge in [-0.1, -0.05) is 181 Å². The van der Waals surface area contributed by atoms with Crippen LogP contribution in [-0.4, -0.2) is 17.8 Å². The van der Waals surface area contributed by atoms with Gasteiger partial charge in [-0.3, -0.25) is 0 Å². The highest BCUT2D eigenvalue weighted by molar-refractivity contribution is 7.26. The number of rotatable bonds is 3. The maximum Gasteiger partial charge on any atom is 0.254 e. The Morgan fingerprint density at radius 3 is 1.85 bits per heavy atom. The van der Waals surface area contributed by atoms with E-state index < -0.39 is 11.0 Å². The van der Waals surface area contributed by atoms with Crippen LogP contribution in [-0.2, 0) is 27.1 Å². The van der Waals surface area contributed by atoms with Crippen LogP contribution in [0.25, 0.3) is 21.2 Å². The first-order valence-corrected chi connectivity index (χ1v) is 27.7. The molecule has 1 aromatic heterocycles. The van der Waals surface area contributed by atoms with Crippen LogP contribution in [0.1, 0.15) is 175 Å². The first-order chi connectivity index (χ1) is 35.2. The van der Waals surface area contributed by atoms with Crippen molar-refractivity contribution in [1.29, 1.82) is 0 Å². The predicted octanol–water partition coefficient (Wildman–Crippen LogP) is 16.6. The molecule has 3 nitrogen and oxygen atoms in total. The summed E-state index contributed by atoms with van der Waals surface area (Å²) in [5, 5.41) is 2.57. The maximum atomic E-state index is 9.91. The maximum absolute atomic E-state index is 9.91. The quantitative estimate of drug-likeness (QED) is 0.163. The average Bonchev–Trinajstić information content (AvgIpc) is 4.06. The standard InChI is InChI=1S/C66H74BN3S/c1-60(2,3)42-27-29-51(46(35-42)41-23-15-14-16-24-41)68-53-39-45(69-52-26-18-17-25-48(52)63(10)31-19-21-33-65(63,69)12)40-54-57(53)67(56-47-36-43(61(4,5)6)28-30-55(47)71-59(56)68)50-38-44(62(7,8)9)37-49-58(50)70(54)66(13)34-22-20-32-64(49,66)11/h14-18,23-30,35-40H,19-22,31-34H2,1-13H3/i17D,18D,25D,26D. The Morgan fingerprint density at radius 1 is 0.549 bits per heavy atom. The summed E-state index contributed by atoms with van der Waals surface area (Å²) >= 11 is 1.92. The van der Waals surface area contributed by atoms with Crippen molar-refractivity contribution in [2.75, 3.05) is 14.7 Å². The molecule has 0 spiro atoms. The molecule has 4 aliphatic heterocycles. The van der Waals surface area contributed by atoms with Gasteiger partial charge in [0.25, 0.3) is 6.71 Å². The number of hydrogen-bond donors (Lipinski definition) is 0. The number of para-hydroxylation sites is 1. The molecule has 5 heterocycles. The lowest BCUT2D eigenvalue weighted by molar-refractivity contribution is 0.194. The van der Waals surface area contributed by atoms with Gasteiger partial charge < -0.3 is 14.7 Å². The highest BCUT2D eigenvalue weighted by Gasteiger charge is 2.63. The van der Waals surface area contributed by atoms with Gasteiger partial charge in [-0.25, -0.2) is 0 Å². The largest absolute Gasteiger partial charge is 0.335 e. The van der Waals surface area contributed by atoms with Crippen LogP contribution < -0.4 is 31.1 Å². The molecule has 6 aliphatic rings. The Bertz CT molecular complexity index is 3620. The normalized spacial score (nSPS) is 26.0. The molecule has 0 saturated heterocycles. The molecule has 7 aromatic rings. The molecule has 4 atom stereocenters. The molecular formula is C66H74BN3S. The van der Waals surface area contributed by atoms with E-state index in [-0.39, 0.29) is 58.1 Å². The van der Waals surface area contributed by atoms with E-state index in [0.29, 0.717) is 5.69 Å². The Hall–Kier alpha value is -5.26. The Labute approximate surface area is 435 Å². The molecule has 2 aliphatic carbocycles. The molecular weight excluding hydrogens is 878 g/mol. The Kier molecular flexibility index (Phi) is 8.54. The highest BCUT2D eigenvalue weighted by Crippen LogP contribution is 2.65. The minimum atomic E-state index is -0.525. The first kappa shape index (κ1) is 41.2. The van der Waals surface area contributed by atoms with Crippen molar-refractivity contribution in [3.63, 3.8) is 0 Å². The van der Waals surface area contributed by atoms with Gasteiger partial charge in [0.2, 0.25) is 0 Å². The zero-order valence-corrected chi connectivity index (χ0v) is 45.5. The van der Waals surface area contributed by atoms with Gasteiger partial charge >= 0.3 is 0 Å². The number of nitrogens with zero attached hydrogens (tertiary/aromatic N) is 3. The molecule has 362 valence electrons. The van der Waals surface area contributed by atoms with Crippen LogP contribution >= 0.6 is 11.3 Å². The predicted molar refractivity (Wildman–Crippen MR) is 308 cm³/mol. The minimum Gasteiger partial charge on any atom is -0.335 e. The zero-order valence-electron chi connectivity index (χ0n) is 48.6. The topological polar surface area (TPSA) is 9.72 Å². The van der Waals surface area contributed by atoms with E-state index in [1.54, 1.807) is 0 Å². The van der Waals surface area contributed by atoms with Gasteiger partial charge in [0.1, 0.15) is 0 Å². The second-order valence-electron chi connectivity index (χ2n) is 26.5. The van der Waals surface area contributed by atoms with Gasteiger partial charge in [-0.2, -0.15) is 0 Å². The third-order valence-corrected chi connectivity index (χ3v) is 20.7. The molecule has 0 bridgehead atoms. The molecule has 0 radical (unpaired) electrons. The first-order valence-electron chi connectivity index (χ1n) is 28.9. The van der Waals surface area contributed by atoms with Crippen LogP contribution in [0.4, 0.5) is 39.1 Å². The summed E-state index contributed by atoms with van der Waals surface area (Å²) in [6.07, 6.45) is 8.33. The minimum absolute atomic E-state index is 0.0563. The van der Waals surface area contributed by atoms with E-state index in [1.165, 1.54) is 82.7 Å². The molecule has 4 unspecified atom stereocenters. The third kappa shape index (κ3) is 6.02. The second kappa shape index (κ2) is 14.7. The summed E-state index contributed by atoms with van der Waals surface area (Å²) in [4.78, 5) is 7.95. The van der Waals surface area contributed by atoms with Crippen LogP contribution in [0, 0.1) is 0 Å². The fourth-order valence-corrected chi connectivity index (χ4v) is 16.2. The van der Waals surface area contributed by atoms with Crippen molar-refractivity contribution in [3.05, 3.63) is 143 Å². The van der Waals surface area contributed by atoms with Gasteiger partial charge in [-0.15, -0.1) is 11.3 Å². The van der Waals surface area contributed by atoms with Crippen LogP contribution in [0.2, 0.25) is 0 Å². The summed E-state index contributed by atoms with van der Waals surface area (Å²) in [6, 6.07) is 35.6. The molecule has 6 aromatic carbocycles. The van der Waals surface area contributed by atoms with Crippen molar-refractivity contribution < 1.29 is 5.48 Å². The van der Waals surface area contributed by atoms with Crippen molar-refractivity contribution in [2.45, 2.75) is 180 Å². The SMILES string of the molecule is [2H]c1c([2H])c([2H])c2c(c1[2H])N(c1cc3c4c(c1)N1c5c(cc(C(C)(C)C)cc5C5(C)CCCCC15C)B4c1c(sc4ccc(C(C)(C)C)cc14)N3c1ccc(C(C)(C)C)cc1-c1ccccc1)C1(C)CCCCC21C. The fraction of sp³-hybridized carbons (Fsp3) is 0.424. The lowest BCUT2D eigenvalue weighted by Gasteiger charge is -2.53. The highest BCUT2D eigenvalue weighted by atomic mass is 32.1. The van der Waals surface area contributed by atoms with Crippen LogP contribution in [0.5, 0.6) is 0 Å². The lowest BCUT2D eigenvalue weighted by Crippen LogP contribution is -2.64.